The number of nitrogens with zero attached hydrogens (tertiary/aromatic N) is 3. The lowest BCUT2D eigenvalue weighted by Gasteiger charge is -2.37. The van der Waals surface area contributed by atoms with Crippen molar-refractivity contribution < 1.29 is 14.3 Å². The summed E-state index contributed by atoms with van der Waals surface area (Å²) in [5.41, 5.74) is 10.4. The normalized spacial score (nSPS) is 14.8. The van der Waals surface area contributed by atoms with Crippen LogP contribution in [0.25, 0.3) is 11.1 Å². The lowest BCUT2D eigenvalue weighted by atomic mass is 9.99. The Kier molecular flexibility index (Phi) is 14.8. The number of carbonyl (C=O) groups is 1. The summed E-state index contributed by atoms with van der Waals surface area (Å²) in [7, 11) is 1.70. The smallest absolute Gasteiger partial charge is 0.226 e. The Bertz CT molecular complexity index is 1090. The summed E-state index contributed by atoms with van der Waals surface area (Å²) in [5.74, 6) is 0.890. The van der Waals surface area contributed by atoms with Gasteiger partial charge in [-0.05, 0) is 74.6 Å². The molecule has 1 saturated heterocycles. The molecule has 0 aliphatic carbocycles. The fraction of sp³-hybridized carbons (Fsp3) is 0.588. The molecular weight excluding hydrogens is 526 g/mol. The van der Waals surface area contributed by atoms with Gasteiger partial charge in [-0.2, -0.15) is 0 Å². The molecule has 1 amide bonds. The number of carbonyl (C=O) groups excluding carboxylic acids is 1. The Morgan fingerprint density at radius 1 is 1.02 bits per heavy atom. The number of unbranched alkanes of at least 4 members (excludes halogenated alkanes) is 1. The number of nitrogens with one attached hydrogen (secondary N) is 1. The number of benzene rings is 2. The van der Waals surface area contributed by atoms with Gasteiger partial charge in [-0.3, -0.25) is 20.0 Å². The van der Waals surface area contributed by atoms with Crippen LogP contribution in [0, 0.1) is 0 Å². The van der Waals surface area contributed by atoms with Gasteiger partial charge in [0, 0.05) is 51.3 Å². The Labute approximate surface area is 253 Å². The first-order valence-corrected chi connectivity index (χ1v) is 15.9. The third-order valence-electron chi connectivity index (χ3n) is 8.06. The predicted octanol–water partition coefficient (Wildman–Crippen LogP) is 5.24. The second-order valence-electron chi connectivity index (χ2n) is 11.1. The molecule has 0 unspecified atom stereocenters. The molecule has 1 fully saturated rings. The molecular formula is C34H53N5O3. The van der Waals surface area contributed by atoms with Gasteiger partial charge in [0.15, 0.2) is 5.96 Å². The van der Waals surface area contributed by atoms with Crippen LogP contribution in [0.3, 0.4) is 0 Å². The maximum absolute atomic E-state index is 12.4. The molecule has 0 saturated carbocycles. The summed E-state index contributed by atoms with van der Waals surface area (Å²) < 4.78 is 11.4. The van der Waals surface area contributed by atoms with E-state index in [9.17, 15) is 4.79 Å². The highest BCUT2D eigenvalue weighted by molar-refractivity contribution is 5.96. The third-order valence-corrected chi connectivity index (χ3v) is 8.06. The van der Waals surface area contributed by atoms with Crippen LogP contribution in [0.15, 0.2) is 47.5 Å². The van der Waals surface area contributed by atoms with Crippen molar-refractivity contribution in [2.24, 2.45) is 10.7 Å². The molecule has 1 aliphatic rings. The topological polar surface area (TPSA) is 92.4 Å². The quantitative estimate of drug-likeness (QED) is 0.151. The molecule has 232 valence electrons. The van der Waals surface area contributed by atoms with Crippen molar-refractivity contribution in [3.63, 3.8) is 0 Å². The van der Waals surface area contributed by atoms with Gasteiger partial charge in [0.2, 0.25) is 5.91 Å². The second kappa shape index (κ2) is 18.6. The molecule has 0 spiro atoms. The largest absolute Gasteiger partial charge is 0.493 e. The van der Waals surface area contributed by atoms with Crippen LogP contribution in [0.4, 0.5) is 0 Å². The van der Waals surface area contributed by atoms with E-state index < -0.39 is 0 Å². The molecule has 1 aliphatic heterocycles. The van der Waals surface area contributed by atoms with E-state index >= 15 is 0 Å². The van der Waals surface area contributed by atoms with Gasteiger partial charge in [0.05, 0.1) is 6.61 Å². The number of guanidine groups is 1. The fourth-order valence-corrected chi connectivity index (χ4v) is 5.56. The van der Waals surface area contributed by atoms with Crippen LogP contribution in [0.5, 0.6) is 5.75 Å². The number of nitrogens with two attached hydrogens (primary N) is 1. The number of methoxy groups -OCH3 is 1. The highest BCUT2D eigenvalue weighted by atomic mass is 16.5. The number of aliphatic imine (C=N–C) groups is 1. The number of hydrogen-bond donors (Lipinski definition) is 2. The lowest BCUT2D eigenvalue weighted by Crippen LogP contribution is -2.44. The SMILES string of the molecule is CCCCN=C(N)NC(=O)CCc1ccc(-c2ccc(CN3CCC(N(CC)CC)CC3)cc2)c(OCCCOC)c1. The van der Waals surface area contributed by atoms with Crippen LogP contribution in [-0.2, 0) is 22.5 Å². The minimum atomic E-state index is -0.132. The maximum atomic E-state index is 12.4. The average Bonchev–Trinajstić information content (AvgIpc) is 3.00. The summed E-state index contributed by atoms with van der Waals surface area (Å²) in [6.07, 6.45) is 6.21. The number of likely N-dealkylation sites (tertiary alicyclic amines) is 1. The predicted molar refractivity (Wildman–Crippen MR) is 173 cm³/mol. The van der Waals surface area contributed by atoms with E-state index in [1.54, 1.807) is 7.11 Å². The first kappa shape index (κ1) is 33.6. The van der Waals surface area contributed by atoms with Crippen molar-refractivity contribution in [3.8, 4) is 16.9 Å². The second-order valence-corrected chi connectivity index (χ2v) is 11.1. The van der Waals surface area contributed by atoms with E-state index in [-0.39, 0.29) is 11.9 Å². The average molecular weight is 580 g/mol. The molecule has 3 N–H and O–H groups in total. The van der Waals surface area contributed by atoms with E-state index in [1.165, 1.54) is 18.4 Å². The molecule has 0 radical (unpaired) electrons. The van der Waals surface area contributed by atoms with Crippen molar-refractivity contribution in [1.82, 2.24) is 15.1 Å². The molecule has 42 heavy (non-hydrogen) atoms. The molecule has 2 aromatic carbocycles. The molecule has 0 bridgehead atoms. The molecule has 3 rings (SSSR count). The Hall–Kier alpha value is -2.94. The van der Waals surface area contributed by atoms with Gasteiger partial charge >= 0.3 is 0 Å². The Morgan fingerprint density at radius 2 is 1.74 bits per heavy atom. The van der Waals surface area contributed by atoms with E-state index in [1.807, 2.05) is 0 Å². The minimum absolute atomic E-state index is 0.132. The third kappa shape index (κ3) is 11.0. The van der Waals surface area contributed by atoms with Gasteiger partial charge in [0.25, 0.3) is 0 Å². The summed E-state index contributed by atoms with van der Waals surface area (Å²) in [4.78, 5) is 21.8. The van der Waals surface area contributed by atoms with Gasteiger partial charge in [-0.15, -0.1) is 0 Å². The van der Waals surface area contributed by atoms with Crippen LogP contribution < -0.4 is 15.8 Å². The van der Waals surface area contributed by atoms with E-state index in [0.29, 0.717) is 32.6 Å². The summed E-state index contributed by atoms with van der Waals surface area (Å²) >= 11 is 0. The zero-order valence-electron chi connectivity index (χ0n) is 26.4. The number of hydrogen-bond acceptors (Lipinski definition) is 6. The monoisotopic (exact) mass is 579 g/mol. The molecule has 2 aromatic rings. The maximum Gasteiger partial charge on any atom is 0.226 e. The van der Waals surface area contributed by atoms with Crippen LogP contribution in [0.2, 0.25) is 0 Å². The van der Waals surface area contributed by atoms with Crippen LogP contribution >= 0.6 is 0 Å². The molecule has 8 heteroatoms. The number of aryl methyl sites for hydroxylation is 1. The van der Waals surface area contributed by atoms with E-state index in [4.69, 9.17) is 15.2 Å². The van der Waals surface area contributed by atoms with Crippen molar-refractivity contribution in [2.45, 2.75) is 78.3 Å². The van der Waals surface area contributed by atoms with Gasteiger partial charge in [-0.1, -0.05) is 63.6 Å². The highest BCUT2D eigenvalue weighted by Crippen LogP contribution is 2.32. The number of ether oxygens (including phenoxy) is 2. The first-order chi connectivity index (χ1) is 20.5. The Balaban J connectivity index is 1.62. The highest BCUT2D eigenvalue weighted by Gasteiger charge is 2.22. The molecule has 0 atom stereocenters. The van der Waals surface area contributed by atoms with Crippen molar-refractivity contribution in [3.05, 3.63) is 53.6 Å². The molecule has 0 aromatic heterocycles. The van der Waals surface area contributed by atoms with Gasteiger partial charge < -0.3 is 20.1 Å². The van der Waals surface area contributed by atoms with E-state index in [2.05, 4.69) is 83.3 Å². The minimum Gasteiger partial charge on any atom is -0.493 e. The van der Waals surface area contributed by atoms with Crippen LogP contribution in [-0.4, -0.2) is 80.8 Å². The van der Waals surface area contributed by atoms with Crippen molar-refractivity contribution in [2.75, 3.05) is 53.0 Å². The molecule has 8 nitrogen and oxygen atoms in total. The number of amides is 1. The molecule has 1 heterocycles. The van der Waals surface area contributed by atoms with E-state index in [0.717, 1.165) is 80.5 Å². The lowest BCUT2D eigenvalue weighted by molar-refractivity contribution is -0.119. The summed E-state index contributed by atoms with van der Waals surface area (Å²) in [6.45, 7) is 14.0. The van der Waals surface area contributed by atoms with Crippen molar-refractivity contribution in [1.29, 1.82) is 0 Å². The van der Waals surface area contributed by atoms with Crippen molar-refractivity contribution >= 4 is 11.9 Å². The number of rotatable bonds is 17. The standard InChI is InChI=1S/C34H53N5O3/c1-5-8-20-36-34(35)37-33(40)17-13-27-12-16-31(32(25-27)42-24-9-23-41-4)29-14-10-28(11-15-29)26-38-21-18-30(19-22-38)39(6-2)7-3/h10-12,14-16,25,30H,5-9,13,17-24,26H2,1-4H3,(H3,35,36,37,40). The number of piperidine rings is 1. The fourth-order valence-electron chi connectivity index (χ4n) is 5.56. The summed E-state index contributed by atoms with van der Waals surface area (Å²) in [6, 6.07) is 15.8. The zero-order valence-corrected chi connectivity index (χ0v) is 26.4. The van der Waals surface area contributed by atoms with Crippen LogP contribution in [0.1, 0.15) is 70.4 Å². The zero-order chi connectivity index (χ0) is 30.2. The van der Waals surface area contributed by atoms with Gasteiger partial charge in [-0.25, -0.2) is 0 Å². The van der Waals surface area contributed by atoms with Gasteiger partial charge in [0.1, 0.15) is 5.75 Å². The Morgan fingerprint density at radius 3 is 2.40 bits per heavy atom. The summed E-state index contributed by atoms with van der Waals surface area (Å²) in [5, 5.41) is 2.69. The first-order valence-electron chi connectivity index (χ1n) is 15.9.